The third-order valence-corrected chi connectivity index (χ3v) is 4.47. The number of ether oxygens (including phenoxy) is 1. The second kappa shape index (κ2) is 6.15. The van der Waals surface area contributed by atoms with Gasteiger partial charge in [-0.05, 0) is 44.4 Å². The summed E-state index contributed by atoms with van der Waals surface area (Å²) in [7, 11) is 0. The Balaban J connectivity index is 1.72. The van der Waals surface area contributed by atoms with E-state index in [1.54, 1.807) is 0 Å². The van der Waals surface area contributed by atoms with Gasteiger partial charge in [0, 0.05) is 31.7 Å². The molecule has 1 atom stereocenters. The van der Waals surface area contributed by atoms with Crippen molar-refractivity contribution >= 4 is 0 Å². The Bertz CT molecular complexity index is 425. The van der Waals surface area contributed by atoms with Gasteiger partial charge in [-0.3, -0.25) is 4.90 Å². The van der Waals surface area contributed by atoms with Gasteiger partial charge in [0.1, 0.15) is 5.75 Å². The lowest BCUT2D eigenvalue weighted by Crippen LogP contribution is -2.52. The second-order valence-corrected chi connectivity index (χ2v) is 6.28. The van der Waals surface area contributed by atoms with Crippen molar-refractivity contribution in [3.05, 3.63) is 29.8 Å². The minimum Gasteiger partial charge on any atom is -0.491 e. The lowest BCUT2D eigenvalue weighted by molar-refractivity contribution is 0.0601. The van der Waals surface area contributed by atoms with Crippen LogP contribution in [0.3, 0.4) is 0 Å². The normalized spacial score (nSPS) is 24.6. The fourth-order valence-electron chi connectivity index (χ4n) is 3.23. The predicted molar refractivity (Wildman–Crippen MR) is 82.2 cm³/mol. The number of rotatable bonds is 4. The van der Waals surface area contributed by atoms with Crippen LogP contribution in [0.4, 0.5) is 0 Å². The van der Waals surface area contributed by atoms with Crippen LogP contribution >= 0.6 is 0 Å². The zero-order valence-corrected chi connectivity index (χ0v) is 12.6. The number of nitrogens with zero attached hydrogens (tertiary/aromatic N) is 1. The van der Waals surface area contributed by atoms with Gasteiger partial charge >= 0.3 is 0 Å². The van der Waals surface area contributed by atoms with Gasteiger partial charge in [0.15, 0.2) is 0 Å². The summed E-state index contributed by atoms with van der Waals surface area (Å²) in [6.45, 7) is 7.51. The lowest BCUT2D eigenvalue weighted by atomic mass is 9.88. The van der Waals surface area contributed by atoms with Gasteiger partial charge in [0.05, 0.1) is 6.10 Å². The summed E-state index contributed by atoms with van der Waals surface area (Å²) in [5.41, 5.74) is 1.42. The Labute approximate surface area is 122 Å². The van der Waals surface area contributed by atoms with Gasteiger partial charge < -0.3 is 10.1 Å². The third kappa shape index (κ3) is 2.99. The molecular formula is C17H26N2O. The largest absolute Gasteiger partial charge is 0.491 e. The first kappa shape index (κ1) is 13.9. The topological polar surface area (TPSA) is 24.5 Å². The zero-order chi connectivity index (χ0) is 13.9. The summed E-state index contributed by atoms with van der Waals surface area (Å²) in [4.78, 5) is 2.71. The Morgan fingerprint density at radius 1 is 1.20 bits per heavy atom. The van der Waals surface area contributed by atoms with Crippen molar-refractivity contribution in [3.8, 4) is 5.75 Å². The highest BCUT2D eigenvalue weighted by atomic mass is 16.5. The first-order valence-electron chi connectivity index (χ1n) is 7.97. The van der Waals surface area contributed by atoms with Crippen LogP contribution in [0.1, 0.15) is 44.7 Å². The minimum absolute atomic E-state index is 0.240. The van der Waals surface area contributed by atoms with Gasteiger partial charge in [-0.15, -0.1) is 0 Å². The molecular weight excluding hydrogens is 248 g/mol. The van der Waals surface area contributed by atoms with Crippen LogP contribution < -0.4 is 10.1 Å². The maximum atomic E-state index is 5.73. The quantitative estimate of drug-likeness (QED) is 0.913. The van der Waals surface area contributed by atoms with E-state index in [4.69, 9.17) is 4.74 Å². The molecule has 3 heteroatoms. The molecule has 3 rings (SSSR count). The van der Waals surface area contributed by atoms with E-state index in [1.807, 2.05) is 0 Å². The Morgan fingerprint density at radius 3 is 2.55 bits per heavy atom. The summed E-state index contributed by atoms with van der Waals surface area (Å²) < 4.78 is 5.73. The van der Waals surface area contributed by atoms with Gasteiger partial charge in [-0.2, -0.15) is 0 Å². The standard InChI is InChI=1S/C17H26N2O/c1-13(2)20-16-8-6-14(7-9-16)17-12-18-10-11-19(17)15-4-3-5-15/h6-9,13,15,17-18H,3-5,10-12H2,1-2H3. The highest BCUT2D eigenvalue weighted by molar-refractivity contribution is 5.30. The fourth-order valence-corrected chi connectivity index (χ4v) is 3.23. The maximum Gasteiger partial charge on any atom is 0.119 e. The van der Waals surface area contributed by atoms with E-state index in [0.717, 1.165) is 24.9 Å². The van der Waals surface area contributed by atoms with Gasteiger partial charge in [0.25, 0.3) is 0 Å². The average Bonchev–Trinajstić information content (AvgIpc) is 2.38. The maximum absolute atomic E-state index is 5.73. The third-order valence-electron chi connectivity index (χ3n) is 4.47. The van der Waals surface area contributed by atoms with Crippen molar-refractivity contribution in [2.45, 2.75) is 51.3 Å². The van der Waals surface area contributed by atoms with Gasteiger partial charge in [-0.25, -0.2) is 0 Å². The molecule has 2 aliphatic rings. The molecule has 110 valence electrons. The SMILES string of the molecule is CC(C)Oc1ccc(C2CNCCN2C2CCC2)cc1. The molecule has 0 spiro atoms. The summed E-state index contributed by atoms with van der Waals surface area (Å²) in [6.07, 6.45) is 4.40. The molecule has 0 aromatic heterocycles. The molecule has 1 aromatic carbocycles. The van der Waals surface area contributed by atoms with Crippen LogP contribution in [0.2, 0.25) is 0 Å². The van der Waals surface area contributed by atoms with E-state index in [1.165, 1.54) is 31.4 Å². The van der Waals surface area contributed by atoms with Crippen LogP contribution in [0.25, 0.3) is 0 Å². The van der Waals surface area contributed by atoms with Crippen molar-refractivity contribution in [1.82, 2.24) is 10.2 Å². The molecule has 20 heavy (non-hydrogen) atoms. The molecule has 0 amide bonds. The second-order valence-electron chi connectivity index (χ2n) is 6.28. The molecule has 1 unspecified atom stereocenters. The summed E-state index contributed by atoms with van der Waals surface area (Å²) in [5, 5.41) is 3.54. The van der Waals surface area contributed by atoms with E-state index in [2.05, 4.69) is 48.3 Å². The number of hydrogen-bond donors (Lipinski definition) is 1. The number of hydrogen-bond acceptors (Lipinski definition) is 3. The summed E-state index contributed by atoms with van der Waals surface area (Å²) in [5.74, 6) is 0.975. The molecule has 1 aliphatic carbocycles. The molecule has 3 nitrogen and oxygen atoms in total. The first-order chi connectivity index (χ1) is 9.74. The Hall–Kier alpha value is -1.06. The number of piperazine rings is 1. The highest BCUT2D eigenvalue weighted by Crippen LogP contribution is 2.33. The Morgan fingerprint density at radius 2 is 1.95 bits per heavy atom. The van der Waals surface area contributed by atoms with Crippen molar-refractivity contribution in [3.63, 3.8) is 0 Å². The molecule has 1 aromatic rings. The van der Waals surface area contributed by atoms with Gasteiger partial charge in [0.2, 0.25) is 0 Å². The van der Waals surface area contributed by atoms with Crippen LogP contribution in [0, 0.1) is 0 Å². The van der Waals surface area contributed by atoms with E-state index < -0.39 is 0 Å². The van der Waals surface area contributed by atoms with E-state index in [-0.39, 0.29) is 6.10 Å². The summed E-state index contributed by atoms with van der Waals surface area (Å²) in [6, 6.07) is 10.0. The Kier molecular flexibility index (Phi) is 4.27. The van der Waals surface area contributed by atoms with Crippen molar-refractivity contribution in [1.29, 1.82) is 0 Å². The van der Waals surface area contributed by atoms with E-state index in [9.17, 15) is 0 Å². The lowest BCUT2D eigenvalue weighted by Gasteiger charge is -2.45. The minimum atomic E-state index is 0.240. The average molecular weight is 274 g/mol. The van der Waals surface area contributed by atoms with Crippen LogP contribution in [0.15, 0.2) is 24.3 Å². The predicted octanol–water partition coefficient (Wildman–Crippen LogP) is 2.97. The highest BCUT2D eigenvalue weighted by Gasteiger charge is 2.32. The molecule has 1 N–H and O–H groups in total. The molecule has 0 radical (unpaired) electrons. The zero-order valence-electron chi connectivity index (χ0n) is 12.6. The molecule has 2 fully saturated rings. The van der Waals surface area contributed by atoms with Crippen molar-refractivity contribution < 1.29 is 4.74 Å². The number of benzene rings is 1. The molecule has 1 saturated carbocycles. The van der Waals surface area contributed by atoms with Crippen LogP contribution in [0.5, 0.6) is 5.75 Å². The van der Waals surface area contributed by atoms with E-state index in [0.29, 0.717) is 6.04 Å². The molecule has 0 bridgehead atoms. The summed E-state index contributed by atoms with van der Waals surface area (Å²) >= 11 is 0. The molecule has 1 heterocycles. The van der Waals surface area contributed by atoms with Crippen LogP contribution in [-0.2, 0) is 0 Å². The fraction of sp³-hybridized carbons (Fsp3) is 0.647. The van der Waals surface area contributed by atoms with E-state index >= 15 is 0 Å². The monoisotopic (exact) mass is 274 g/mol. The van der Waals surface area contributed by atoms with Crippen molar-refractivity contribution in [2.75, 3.05) is 19.6 Å². The van der Waals surface area contributed by atoms with Gasteiger partial charge in [-0.1, -0.05) is 18.6 Å². The van der Waals surface area contributed by atoms with Crippen molar-refractivity contribution in [2.24, 2.45) is 0 Å². The van der Waals surface area contributed by atoms with Crippen LogP contribution in [-0.4, -0.2) is 36.7 Å². The number of nitrogens with one attached hydrogen (secondary N) is 1. The first-order valence-corrected chi connectivity index (χ1v) is 7.97. The molecule has 1 saturated heterocycles. The molecule has 1 aliphatic heterocycles. The smallest absolute Gasteiger partial charge is 0.119 e.